The smallest absolute Gasteiger partial charge is 0.241 e. The second-order valence-corrected chi connectivity index (χ2v) is 4.68. The maximum Gasteiger partial charge on any atom is 0.302 e. The van der Waals surface area contributed by atoms with Gasteiger partial charge in [-0.3, -0.25) is 0 Å². The highest BCUT2D eigenvalue weighted by molar-refractivity contribution is 7.86. The van der Waals surface area contributed by atoms with Crippen molar-refractivity contribution in [2.45, 2.75) is 6.42 Å². The highest BCUT2D eigenvalue weighted by atomic mass is 32.3. The third-order valence-electron chi connectivity index (χ3n) is 2.12. The number of rotatable bonds is 3. The Balaban J connectivity index is 2.29. The molecular weight excluding hydrogens is 219 g/mol. The first-order valence-corrected chi connectivity index (χ1v) is 5.95. The fourth-order valence-corrected chi connectivity index (χ4v) is 1.88. The topological polar surface area (TPSA) is 51.4 Å². The number of hydrogen-bond donors (Lipinski definition) is 0. The van der Waals surface area contributed by atoms with Crippen molar-refractivity contribution in [2.75, 3.05) is 5.75 Å². The predicted octanol–water partition coefficient (Wildman–Crippen LogP) is 1.18. The number of pyridine rings is 1. The van der Waals surface area contributed by atoms with Crippen LogP contribution in [-0.4, -0.2) is 23.8 Å². The monoisotopic (exact) mass is 228 g/mol. The Bertz CT molecular complexity index is 577. The molecule has 0 radical (unpaired) electrons. The zero-order chi connectivity index (χ0) is 10.9. The molecule has 0 aromatic carbocycles. The van der Waals surface area contributed by atoms with Crippen LogP contribution in [0.25, 0.3) is 5.52 Å². The first-order valence-electron chi connectivity index (χ1n) is 4.40. The van der Waals surface area contributed by atoms with Gasteiger partial charge in [0.25, 0.3) is 0 Å². The molecule has 80 valence electrons. The van der Waals surface area contributed by atoms with Crippen LogP contribution in [0.4, 0.5) is 3.89 Å². The summed E-state index contributed by atoms with van der Waals surface area (Å²) in [6.45, 7) is 0. The van der Waals surface area contributed by atoms with Crippen LogP contribution in [0.15, 0.2) is 30.6 Å². The van der Waals surface area contributed by atoms with Gasteiger partial charge >= 0.3 is 10.2 Å². The maximum atomic E-state index is 12.3. The first-order chi connectivity index (χ1) is 7.06. The number of hydrogen-bond acceptors (Lipinski definition) is 3. The summed E-state index contributed by atoms with van der Waals surface area (Å²) in [4.78, 5) is 0. The van der Waals surface area contributed by atoms with Gasteiger partial charge in [-0.25, -0.2) is 4.52 Å². The van der Waals surface area contributed by atoms with Gasteiger partial charge in [-0.05, 0) is 24.1 Å². The van der Waals surface area contributed by atoms with Gasteiger partial charge in [0.15, 0.2) is 0 Å². The Morgan fingerprint density at radius 3 is 2.93 bits per heavy atom. The van der Waals surface area contributed by atoms with Crippen LogP contribution in [0.5, 0.6) is 0 Å². The highest BCUT2D eigenvalue weighted by Gasteiger charge is 2.10. The molecule has 0 N–H and O–H groups in total. The van der Waals surface area contributed by atoms with Crippen molar-refractivity contribution in [3.8, 4) is 0 Å². The van der Waals surface area contributed by atoms with Gasteiger partial charge in [0.1, 0.15) is 0 Å². The van der Waals surface area contributed by atoms with Crippen molar-refractivity contribution >= 4 is 15.7 Å². The molecule has 0 unspecified atom stereocenters. The van der Waals surface area contributed by atoms with Crippen LogP contribution in [0.2, 0.25) is 0 Å². The van der Waals surface area contributed by atoms with Crippen LogP contribution in [0, 0.1) is 0 Å². The van der Waals surface area contributed by atoms with E-state index in [1.165, 1.54) is 0 Å². The average Bonchev–Trinajstić information content (AvgIpc) is 2.57. The molecule has 0 aliphatic rings. The summed E-state index contributed by atoms with van der Waals surface area (Å²) in [5.74, 6) is -0.497. The standard InChI is InChI=1S/C9H9FN2O2S/c10-15(13,14)6-4-8-7-11-12-5-2-1-3-9(8)12/h1-3,5,7H,4,6H2. The van der Waals surface area contributed by atoms with Gasteiger partial charge < -0.3 is 0 Å². The van der Waals surface area contributed by atoms with Crippen LogP contribution >= 0.6 is 0 Å². The van der Waals surface area contributed by atoms with Gasteiger partial charge in [0.05, 0.1) is 17.5 Å². The van der Waals surface area contributed by atoms with E-state index in [4.69, 9.17) is 0 Å². The molecule has 0 aliphatic heterocycles. The summed E-state index contributed by atoms with van der Waals surface area (Å²) in [5.41, 5.74) is 1.54. The number of fused-ring (bicyclic) bond motifs is 1. The van der Waals surface area contributed by atoms with E-state index in [0.717, 1.165) is 11.1 Å². The second kappa shape index (κ2) is 3.62. The third-order valence-corrected chi connectivity index (χ3v) is 2.81. The van der Waals surface area contributed by atoms with Crippen LogP contribution in [-0.2, 0) is 16.6 Å². The molecule has 0 fully saturated rings. The normalized spacial score (nSPS) is 12.1. The SMILES string of the molecule is O=S(=O)(F)CCc1cnn2ccccc12. The fraction of sp³-hybridized carbons (Fsp3) is 0.222. The molecule has 2 aromatic rings. The number of nitrogens with zero attached hydrogens (tertiary/aromatic N) is 2. The van der Waals surface area contributed by atoms with Crippen molar-refractivity contribution in [3.05, 3.63) is 36.2 Å². The van der Waals surface area contributed by atoms with Crippen molar-refractivity contribution in [1.82, 2.24) is 9.61 Å². The molecule has 0 atom stereocenters. The highest BCUT2D eigenvalue weighted by Crippen LogP contribution is 2.11. The minimum absolute atomic E-state index is 0.145. The lowest BCUT2D eigenvalue weighted by Crippen LogP contribution is -2.01. The van der Waals surface area contributed by atoms with Gasteiger partial charge in [-0.2, -0.15) is 13.5 Å². The summed E-state index contributed by atoms with van der Waals surface area (Å²) in [5, 5.41) is 4.02. The van der Waals surface area contributed by atoms with Gasteiger partial charge in [-0.1, -0.05) is 6.07 Å². The molecule has 0 amide bonds. The minimum atomic E-state index is -4.41. The van der Waals surface area contributed by atoms with Crippen molar-refractivity contribution < 1.29 is 12.3 Å². The van der Waals surface area contributed by atoms with E-state index in [9.17, 15) is 12.3 Å². The predicted molar refractivity (Wildman–Crippen MR) is 53.8 cm³/mol. The molecule has 2 heterocycles. The van der Waals surface area contributed by atoms with Gasteiger partial charge in [-0.15, -0.1) is 3.89 Å². The number of aromatic nitrogens is 2. The van der Waals surface area contributed by atoms with Crippen LogP contribution < -0.4 is 0 Å². The summed E-state index contributed by atoms with van der Waals surface area (Å²) in [6, 6.07) is 5.45. The van der Waals surface area contributed by atoms with Gasteiger partial charge in [0.2, 0.25) is 0 Å². The van der Waals surface area contributed by atoms with E-state index in [-0.39, 0.29) is 6.42 Å². The molecule has 2 rings (SSSR count). The van der Waals surface area contributed by atoms with Crippen molar-refractivity contribution in [3.63, 3.8) is 0 Å². The fourth-order valence-electron chi connectivity index (χ4n) is 1.41. The molecule has 0 bridgehead atoms. The summed E-state index contributed by atoms with van der Waals surface area (Å²) in [7, 11) is -4.41. The minimum Gasteiger partial charge on any atom is -0.241 e. The summed E-state index contributed by atoms with van der Waals surface area (Å²) < 4.78 is 34.7. The Morgan fingerprint density at radius 2 is 2.20 bits per heavy atom. The Hall–Kier alpha value is -1.43. The number of aryl methyl sites for hydroxylation is 1. The molecule has 0 spiro atoms. The van der Waals surface area contributed by atoms with Crippen molar-refractivity contribution in [2.24, 2.45) is 0 Å². The molecule has 15 heavy (non-hydrogen) atoms. The number of halogens is 1. The lowest BCUT2D eigenvalue weighted by atomic mass is 10.2. The van der Waals surface area contributed by atoms with Gasteiger partial charge in [0, 0.05) is 6.20 Å². The van der Waals surface area contributed by atoms with Crippen LogP contribution in [0.1, 0.15) is 5.56 Å². The van der Waals surface area contributed by atoms with E-state index in [1.807, 2.05) is 18.2 Å². The largest absolute Gasteiger partial charge is 0.302 e. The summed E-state index contributed by atoms with van der Waals surface area (Å²) in [6.07, 6.45) is 3.45. The third kappa shape index (κ3) is 2.33. The lowest BCUT2D eigenvalue weighted by Gasteiger charge is -1.95. The Kier molecular flexibility index (Phi) is 2.44. The second-order valence-electron chi connectivity index (χ2n) is 3.19. The van der Waals surface area contributed by atoms with E-state index < -0.39 is 16.0 Å². The van der Waals surface area contributed by atoms with E-state index in [1.54, 1.807) is 16.9 Å². The Labute approximate surface area is 86.6 Å². The lowest BCUT2D eigenvalue weighted by molar-refractivity contribution is 0.551. The quantitative estimate of drug-likeness (QED) is 0.741. The molecule has 4 nitrogen and oxygen atoms in total. The van der Waals surface area contributed by atoms with Crippen molar-refractivity contribution in [1.29, 1.82) is 0 Å². The maximum absolute atomic E-state index is 12.3. The zero-order valence-corrected chi connectivity index (χ0v) is 8.61. The molecule has 0 saturated heterocycles. The zero-order valence-electron chi connectivity index (χ0n) is 7.80. The van der Waals surface area contributed by atoms with E-state index in [0.29, 0.717) is 0 Å². The molecule has 0 saturated carbocycles. The summed E-state index contributed by atoms with van der Waals surface area (Å²) >= 11 is 0. The molecule has 6 heteroatoms. The average molecular weight is 228 g/mol. The molecule has 2 aromatic heterocycles. The Morgan fingerprint density at radius 1 is 1.40 bits per heavy atom. The van der Waals surface area contributed by atoms with E-state index in [2.05, 4.69) is 5.10 Å². The van der Waals surface area contributed by atoms with Crippen LogP contribution in [0.3, 0.4) is 0 Å². The molecular formula is C9H9FN2O2S. The molecule has 0 aliphatic carbocycles. The van der Waals surface area contributed by atoms with E-state index >= 15 is 0 Å². The first kappa shape index (κ1) is 10.1.